The Balaban J connectivity index is 3.10. The van der Waals surface area contributed by atoms with Gasteiger partial charge in [0.05, 0.1) is 11.4 Å². The van der Waals surface area contributed by atoms with Crippen molar-refractivity contribution in [2.24, 2.45) is 0 Å². The SMILES string of the molecule is CNc1ccc(C(C)=N)cc1N. The van der Waals surface area contributed by atoms with Crippen molar-refractivity contribution in [2.45, 2.75) is 6.92 Å². The summed E-state index contributed by atoms with van der Waals surface area (Å²) >= 11 is 0. The number of hydrogen-bond acceptors (Lipinski definition) is 3. The third kappa shape index (κ3) is 1.56. The molecule has 0 bridgehead atoms. The molecular weight excluding hydrogens is 150 g/mol. The lowest BCUT2D eigenvalue weighted by Gasteiger charge is -2.06. The molecule has 1 aromatic rings. The molecule has 1 rings (SSSR count). The molecule has 0 atom stereocenters. The van der Waals surface area contributed by atoms with Crippen LogP contribution >= 0.6 is 0 Å². The Morgan fingerprint density at radius 1 is 1.50 bits per heavy atom. The number of nitrogen functional groups attached to an aromatic ring is 1. The van der Waals surface area contributed by atoms with E-state index in [4.69, 9.17) is 11.1 Å². The van der Waals surface area contributed by atoms with E-state index >= 15 is 0 Å². The molecule has 0 spiro atoms. The summed E-state index contributed by atoms with van der Waals surface area (Å²) in [7, 11) is 1.82. The second-order valence-corrected chi connectivity index (χ2v) is 2.68. The number of nitrogens with two attached hydrogens (primary N) is 1. The van der Waals surface area contributed by atoms with E-state index in [9.17, 15) is 0 Å². The van der Waals surface area contributed by atoms with Crippen LogP contribution in [-0.2, 0) is 0 Å². The fourth-order valence-corrected chi connectivity index (χ4v) is 1.02. The Morgan fingerprint density at radius 2 is 2.17 bits per heavy atom. The van der Waals surface area contributed by atoms with Crippen LogP contribution in [0.3, 0.4) is 0 Å². The van der Waals surface area contributed by atoms with Crippen molar-refractivity contribution in [1.29, 1.82) is 5.41 Å². The van der Waals surface area contributed by atoms with Crippen molar-refractivity contribution in [3.63, 3.8) is 0 Å². The Bertz CT molecular complexity index is 305. The van der Waals surface area contributed by atoms with Crippen LogP contribution < -0.4 is 11.1 Å². The summed E-state index contributed by atoms with van der Waals surface area (Å²) in [6.07, 6.45) is 0. The molecule has 0 unspecified atom stereocenters. The first kappa shape index (κ1) is 8.59. The molecule has 0 fully saturated rings. The quantitative estimate of drug-likeness (QED) is 0.459. The molecule has 0 amide bonds. The van der Waals surface area contributed by atoms with Crippen LogP contribution in [0.15, 0.2) is 18.2 Å². The van der Waals surface area contributed by atoms with Crippen molar-refractivity contribution in [3.05, 3.63) is 23.8 Å². The zero-order valence-electron chi connectivity index (χ0n) is 7.31. The molecule has 0 aliphatic carbocycles. The first-order valence-electron chi connectivity index (χ1n) is 3.78. The van der Waals surface area contributed by atoms with Crippen molar-refractivity contribution >= 4 is 17.1 Å². The van der Waals surface area contributed by atoms with Crippen LogP contribution in [0.4, 0.5) is 11.4 Å². The third-order valence-electron chi connectivity index (χ3n) is 1.75. The zero-order valence-corrected chi connectivity index (χ0v) is 7.31. The Hall–Kier alpha value is -1.51. The van der Waals surface area contributed by atoms with Gasteiger partial charge in [0.1, 0.15) is 0 Å². The molecule has 0 saturated carbocycles. The van der Waals surface area contributed by atoms with Crippen molar-refractivity contribution in [1.82, 2.24) is 0 Å². The lowest BCUT2D eigenvalue weighted by molar-refractivity contribution is 1.44. The predicted octanol–water partition coefficient (Wildman–Crippen LogP) is 1.70. The van der Waals surface area contributed by atoms with E-state index in [2.05, 4.69) is 5.32 Å². The van der Waals surface area contributed by atoms with Crippen LogP contribution in [-0.4, -0.2) is 12.8 Å². The molecule has 4 N–H and O–H groups in total. The maximum atomic E-state index is 7.38. The highest BCUT2D eigenvalue weighted by Crippen LogP contribution is 2.18. The highest BCUT2D eigenvalue weighted by molar-refractivity contribution is 5.97. The Kier molecular flexibility index (Phi) is 2.33. The van der Waals surface area contributed by atoms with Crippen LogP contribution in [0.1, 0.15) is 12.5 Å². The number of nitrogens with one attached hydrogen (secondary N) is 2. The minimum Gasteiger partial charge on any atom is -0.397 e. The van der Waals surface area contributed by atoms with Crippen molar-refractivity contribution in [3.8, 4) is 0 Å². The van der Waals surface area contributed by atoms with Crippen LogP contribution in [0.5, 0.6) is 0 Å². The van der Waals surface area contributed by atoms with E-state index in [1.54, 1.807) is 13.0 Å². The maximum Gasteiger partial charge on any atom is 0.0571 e. The molecular formula is C9H13N3. The first-order chi connectivity index (χ1) is 5.65. The first-order valence-corrected chi connectivity index (χ1v) is 3.78. The molecule has 0 aliphatic rings. The van der Waals surface area contributed by atoms with E-state index in [1.807, 2.05) is 19.2 Å². The number of benzene rings is 1. The van der Waals surface area contributed by atoms with Gasteiger partial charge in [-0.15, -0.1) is 0 Å². The monoisotopic (exact) mass is 163 g/mol. The maximum absolute atomic E-state index is 7.38. The lowest BCUT2D eigenvalue weighted by Crippen LogP contribution is -1.99. The average molecular weight is 163 g/mol. The molecule has 1 aromatic carbocycles. The number of rotatable bonds is 2. The molecule has 3 heteroatoms. The second kappa shape index (κ2) is 3.26. The van der Waals surface area contributed by atoms with E-state index in [0.717, 1.165) is 11.3 Å². The highest BCUT2D eigenvalue weighted by atomic mass is 14.8. The Labute approximate surface area is 72.1 Å². The van der Waals surface area contributed by atoms with Gasteiger partial charge in [-0.3, -0.25) is 0 Å². The summed E-state index contributed by atoms with van der Waals surface area (Å²) in [5.41, 5.74) is 8.69. The molecule has 0 saturated heterocycles. The highest BCUT2D eigenvalue weighted by Gasteiger charge is 1.99. The summed E-state index contributed by atoms with van der Waals surface area (Å²) in [4.78, 5) is 0. The van der Waals surface area contributed by atoms with Gasteiger partial charge in [-0.25, -0.2) is 0 Å². The van der Waals surface area contributed by atoms with Crippen LogP contribution in [0, 0.1) is 5.41 Å². The lowest BCUT2D eigenvalue weighted by atomic mass is 10.1. The predicted molar refractivity (Wildman–Crippen MR) is 52.9 cm³/mol. The van der Waals surface area contributed by atoms with Gasteiger partial charge < -0.3 is 16.5 Å². The molecule has 0 aliphatic heterocycles. The summed E-state index contributed by atoms with van der Waals surface area (Å²) < 4.78 is 0. The largest absolute Gasteiger partial charge is 0.397 e. The van der Waals surface area contributed by atoms with Crippen molar-refractivity contribution < 1.29 is 0 Å². The molecule has 0 radical (unpaired) electrons. The normalized spacial score (nSPS) is 9.50. The number of anilines is 2. The van der Waals surface area contributed by atoms with Gasteiger partial charge in [-0.2, -0.15) is 0 Å². The van der Waals surface area contributed by atoms with E-state index in [-0.39, 0.29) is 0 Å². The van der Waals surface area contributed by atoms with E-state index in [1.165, 1.54) is 0 Å². The fourth-order valence-electron chi connectivity index (χ4n) is 1.02. The number of hydrogen-bond donors (Lipinski definition) is 3. The van der Waals surface area contributed by atoms with Gasteiger partial charge in [0.15, 0.2) is 0 Å². The summed E-state index contributed by atoms with van der Waals surface area (Å²) in [5, 5.41) is 10.3. The van der Waals surface area contributed by atoms with Crippen LogP contribution in [0.2, 0.25) is 0 Å². The van der Waals surface area contributed by atoms with Gasteiger partial charge in [0, 0.05) is 12.8 Å². The van der Waals surface area contributed by atoms with Gasteiger partial charge in [0.25, 0.3) is 0 Å². The molecule has 0 aromatic heterocycles. The van der Waals surface area contributed by atoms with E-state index < -0.39 is 0 Å². The average Bonchev–Trinajstić information content (AvgIpc) is 2.04. The second-order valence-electron chi connectivity index (χ2n) is 2.68. The van der Waals surface area contributed by atoms with Gasteiger partial charge in [-0.05, 0) is 24.6 Å². The zero-order chi connectivity index (χ0) is 9.14. The minimum absolute atomic E-state index is 0.532. The summed E-state index contributed by atoms with van der Waals surface area (Å²) in [5.74, 6) is 0. The van der Waals surface area contributed by atoms with Gasteiger partial charge in [0.2, 0.25) is 0 Å². The van der Waals surface area contributed by atoms with Crippen molar-refractivity contribution in [2.75, 3.05) is 18.1 Å². The Morgan fingerprint density at radius 3 is 2.58 bits per heavy atom. The molecule has 12 heavy (non-hydrogen) atoms. The summed E-state index contributed by atoms with van der Waals surface area (Å²) in [6, 6.07) is 5.56. The smallest absolute Gasteiger partial charge is 0.0571 e. The molecule has 3 nitrogen and oxygen atoms in total. The summed E-state index contributed by atoms with van der Waals surface area (Å²) in [6.45, 7) is 1.74. The molecule has 0 heterocycles. The van der Waals surface area contributed by atoms with Crippen LogP contribution in [0.25, 0.3) is 0 Å². The standard InChI is InChI=1S/C9H13N3/c1-6(10)7-3-4-9(12-2)8(11)5-7/h3-5,10,12H,11H2,1-2H3. The van der Waals surface area contributed by atoms with Gasteiger partial charge in [-0.1, -0.05) is 6.07 Å². The third-order valence-corrected chi connectivity index (χ3v) is 1.75. The molecule has 64 valence electrons. The minimum atomic E-state index is 0.532. The van der Waals surface area contributed by atoms with E-state index in [0.29, 0.717) is 11.4 Å². The van der Waals surface area contributed by atoms with Gasteiger partial charge >= 0.3 is 0 Å². The topological polar surface area (TPSA) is 61.9 Å². The fraction of sp³-hybridized carbons (Fsp3) is 0.222.